The van der Waals surface area contributed by atoms with E-state index in [0.717, 1.165) is 67.1 Å². The highest BCUT2D eigenvalue weighted by atomic mass is 19.4. The smallest absolute Gasteiger partial charge is 0.390 e. The Morgan fingerprint density at radius 2 is 1.11 bits per heavy atom. The number of halogens is 4. The summed E-state index contributed by atoms with van der Waals surface area (Å²) < 4.78 is 65.7. The SMILES string of the molecule is CC1(C(=O)N(Cc2ccccc2)Cc2ccc(F)cc2)CCc2c(c3ccccc3n2CC(=O)OC(=O)Cn2c3c(c4ccccc42)CC(C(=O)N(Cc2ccccc2)Cc2ccccc2C(F)(F)F)CC3)C1. The van der Waals surface area contributed by atoms with E-state index in [2.05, 4.69) is 0 Å². The van der Waals surface area contributed by atoms with Crippen molar-refractivity contribution in [2.75, 3.05) is 0 Å². The fraction of sp³-hybridized carbons (Fsp3) is 0.267. The standard InChI is InChI=1S/C60H54F4N4O5/c1-59(58(72)66(35-41-16-6-3-7-17-41)36-42-24-27-45(61)28-25-42)31-30-54-49(33-59)47-20-10-13-23-52(47)68(54)39-56(70)73-55(69)38-67-51-22-12-9-19-46(51)48-32-43(26-29-53(48)67)57(71)65(34-40-14-4-2-5-15-40)37-44-18-8-11-21-50(44)60(62,63)64/h2-25,27-28,43H,26,29-39H2,1H3. The van der Waals surface area contributed by atoms with Gasteiger partial charge in [0.1, 0.15) is 18.9 Å². The third kappa shape index (κ3) is 10.3. The second-order valence-corrected chi connectivity index (χ2v) is 19.7. The van der Waals surface area contributed by atoms with Crippen LogP contribution in [0.25, 0.3) is 21.8 Å². The van der Waals surface area contributed by atoms with E-state index in [9.17, 15) is 36.7 Å². The summed E-state index contributed by atoms with van der Waals surface area (Å²) in [5, 5.41) is 1.76. The first-order valence-electron chi connectivity index (χ1n) is 24.7. The molecule has 2 amide bonds. The molecule has 6 aromatic carbocycles. The summed E-state index contributed by atoms with van der Waals surface area (Å²) in [6.07, 6.45) is -2.03. The summed E-state index contributed by atoms with van der Waals surface area (Å²) >= 11 is 0. The Morgan fingerprint density at radius 3 is 1.71 bits per heavy atom. The molecule has 0 bridgehead atoms. The molecule has 9 nitrogen and oxygen atoms in total. The van der Waals surface area contributed by atoms with E-state index in [4.69, 9.17) is 4.74 Å². The molecule has 0 aliphatic heterocycles. The second-order valence-electron chi connectivity index (χ2n) is 19.7. The number of amides is 2. The maximum atomic E-state index is 14.8. The predicted molar refractivity (Wildman–Crippen MR) is 270 cm³/mol. The van der Waals surface area contributed by atoms with Crippen LogP contribution in [0.5, 0.6) is 0 Å². The highest BCUT2D eigenvalue weighted by Crippen LogP contribution is 2.43. The third-order valence-corrected chi connectivity index (χ3v) is 14.7. The molecule has 2 unspecified atom stereocenters. The summed E-state index contributed by atoms with van der Waals surface area (Å²) in [5.41, 5.74) is 6.17. The fourth-order valence-corrected chi connectivity index (χ4v) is 11.2. The van der Waals surface area contributed by atoms with E-state index < -0.39 is 35.0 Å². The molecule has 0 saturated heterocycles. The number of rotatable bonds is 14. The molecule has 2 atom stereocenters. The summed E-state index contributed by atoms with van der Waals surface area (Å²) in [7, 11) is 0. The summed E-state index contributed by atoms with van der Waals surface area (Å²) in [6, 6.07) is 45.8. The molecule has 0 N–H and O–H groups in total. The van der Waals surface area contributed by atoms with Crippen LogP contribution in [0.15, 0.2) is 158 Å². The molecular formula is C60H54F4N4O5. The minimum Gasteiger partial charge on any atom is -0.390 e. The van der Waals surface area contributed by atoms with E-state index >= 15 is 0 Å². The number of hydrogen-bond acceptors (Lipinski definition) is 5. The van der Waals surface area contributed by atoms with E-state index in [1.807, 2.05) is 130 Å². The summed E-state index contributed by atoms with van der Waals surface area (Å²) in [5.74, 6) is -2.63. The molecule has 2 aromatic heterocycles. The average molecular weight is 987 g/mol. The van der Waals surface area contributed by atoms with Gasteiger partial charge >= 0.3 is 18.1 Å². The Morgan fingerprint density at radius 1 is 0.603 bits per heavy atom. The van der Waals surface area contributed by atoms with Gasteiger partial charge in [0.15, 0.2) is 0 Å². The normalized spacial score (nSPS) is 16.4. The number of benzene rings is 6. The number of carbonyl (C=O) groups is 4. The van der Waals surface area contributed by atoms with Crippen LogP contribution in [0.2, 0.25) is 0 Å². The quantitative estimate of drug-likeness (QED) is 0.0615. The van der Waals surface area contributed by atoms with Gasteiger partial charge in [0.25, 0.3) is 0 Å². The molecule has 0 fully saturated rings. The van der Waals surface area contributed by atoms with Gasteiger partial charge < -0.3 is 23.7 Å². The Balaban J connectivity index is 0.854. The van der Waals surface area contributed by atoms with Crippen molar-refractivity contribution < 1.29 is 41.5 Å². The lowest BCUT2D eigenvalue weighted by atomic mass is 9.73. The molecule has 8 aromatic rings. The predicted octanol–water partition coefficient (Wildman–Crippen LogP) is 11.6. The number of fused-ring (bicyclic) bond motifs is 6. The number of alkyl halides is 3. The molecule has 0 radical (unpaired) electrons. The van der Waals surface area contributed by atoms with Crippen molar-refractivity contribution in [3.8, 4) is 0 Å². The Kier molecular flexibility index (Phi) is 13.6. The number of esters is 2. The summed E-state index contributed by atoms with van der Waals surface area (Å²) in [6.45, 7) is 2.11. The van der Waals surface area contributed by atoms with Crippen LogP contribution >= 0.6 is 0 Å². The lowest BCUT2D eigenvalue weighted by Gasteiger charge is -2.38. The van der Waals surface area contributed by atoms with Crippen LogP contribution in [0.4, 0.5) is 17.6 Å². The maximum Gasteiger partial charge on any atom is 0.416 e. The number of carbonyl (C=O) groups excluding carboxylic acids is 4. The largest absolute Gasteiger partial charge is 0.416 e. The van der Waals surface area contributed by atoms with Gasteiger partial charge in [-0.05, 0) is 102 Å². The van der Waals surface area contributed by atoms with Crippen molar-refractivity contribution in [2.45, 2.75) is 90.9 Å². The van der Waals surface area contributed by atoms with E-state index in [1.54, 1.807) is 18.2 Å². The number of aromatic nitrogens is 2. The highest BCUT2D eigenvalue weighted by Gasteiger charge is 2.42. The number of hydrogen-bond donors (Lipinski definition) is 0. The molecule has 73 heavy (non-hydrogen) atoms. The monoisotopic (exact) mass is 986 g/mol. The van der Waals surface area contributed by atoms with Gasteiger partial charge in [0.05, 0.1) is 11.0 Å². The van der Waals surface area contributed by atoms with Crippen molar-refractivity contribution in [3.05, 3.63) is 214 Å². The van der Waals surface area contributed by atoms with E-state index in [0.29, 0.717) is 51.6 Å². The molecule has 2 aliphatic rings. The van der Waals surface area contributed by atoms with Gasteiger partial charge in [0, 0.05) is 65.3 Å². The minimum absolute atomic E-state index is 0.0160. The van der Waals surface area contributed by atoms with Crippen LogP contribution in [0, 0.1) is 17.2 Å². The van der Waals surface area contributed by atoms with Gasteiger partial charge in [-0.25, -0.2) is 14.0 Å². The van der Waals surface area contributed by atoms with Gasteiger partial charge in [0.2, 0.25) is 11.8 Å². The van der Waals surface area contributed by atoms with Crippen molar-refractivity contribution in [2.24, 2.45) is 11.3 Å². The molecular weight excluding hydrogens is 933 g/mol. The average Bonchev–Trinajstić information content (AvgIpc) is 3.86. The zero-order valence-corrected chi connectivity index (χ0v) is 40.4. The van der Waals surface area contributed by atoms with Crippen molar-refractivity contribution in [1.29, 1.82) is 0 Å². The van der Waals surface area contributed by atoms with E-state index in [-0.39, 0.29) is 49.4 Å². The van der Waals surface area contributed by atoms with Crippen LogP contribution in [-0.4, -0.2) is 42.7 Å². The fourth-order valence-electron chi connectivity index (χ4n) is 11.2. The van der Waals surface area contributed by atoms with Gasteiger partial charge in [-0.15, -0.1) is 0 Å². The summed E-state index contributed by atoms with van der Waals surface area (Å²) in [4.78, 5) is 60.4. The third-order valence-electron chi connectivity index (χ3n) is 14.7. The topological polar surface area (TPSA) is 93.9 Å². The molecule has 0 saturated carbocycles. The molecule has 0 spiro atoms. The zero-order valence-electron chi connectivity index (χ0n) is 40.4. The van der Waals surface area contributed by atoms with Crippen LogP contribution in [-0.2, 0) is 95.0 Å². The molecule has 13 heteroatoms. The first-order valence-corrected chi connectivity index (χ1v) is 24.7. The Labute approximate surface area is 420 Å². The molecule has 372 valence electrons. The first kappa shape index (κ1) is 48.8. The molecule has 2 aliphatic carbocycles. The zero-order chi connectivity index (χ0) is 50.9. The van der Waals surface area contributed by atoms with Crippen molar-refractivity contribution in [3.63, 3.8) is 0 Å². The first-order chi connectivity index (χ1) is 35.2. The number of ether oxygens (including phenoxy) is 1. The number of nitrogens with zero attached hydrogens (tertiary/aromatic N) is 4. The van der Waals surface area contributed by atoms with E-state index in [1.165, 1.54) is 29.2 Å². The van der Waals surface area contributed by atoms with Crippen LogP contribution in [0.3, 0.4) is 0 Å². The molecule has 2 heterocycles. The van der Waals surface area contributed by atoms with Gasteiger partial charge in [-0.2, -0.15) is 13.2 Å². The molecule has 10 rings (SSSR count). The maximum absolute atomic E-state index is 14.8. The lowest BCUT2D eigenvalue weighted by Crippen LogP contribution is -2.45. The van der Waals surface area contributed by atoms with Crippen molar-refractivity contribution in [1.82, 2.24) is 18.9 Å². The Bertz CT molecular complexity index is 3350. The lowest BCUT2D eigenvalue weighted by molar-refractivity contribution is -0.160. The second kappa shape index (κ2) is 20.4. The highest BCUT2D eigenvalue weighted by molar-refractivity contribution is 5.93. The minimum atomic E-state index is -4.59. The van der Waals surface area contributed by atoms with Crippen LogP contribution in [0.1, 0.15) is 70.1 Å². The Hall–Kier alpha value is -7.80. The number of para-hydroxylation sites is 2. The van der Waals surface area contributed by atoms with Crippen molar-refractivity contribution >= 4 is 45.6 Å². The van der Waals surface area contributed by atoms with Crippen LogP contribution < -0.4 is 0 Å². The van der Waals surface area contributed by atoms with Gasteiger partial charge in [-0.3, -0.25) is 9.59 Å². The van der Waals surface area contributed by atoms with Gasteiger partial charge in [-0.1, -0.05) is 134 Å².